The molecule has 0 aliphatic heterocycles. The number of halogens is 1. The van der Waals surface area contributed by atoms with Crippen molar-refractivity contribution in [1.29, 1.82) is 0 Å². The summed E-state index contributed by atoms with van der Waals surface area (Å²) in [6.45, 7) is 5.23. The number of imide groups is 1. The van der Waals surface area contributed by atoms with E-state index in [9.17, 15) is 14.7 Å². The van der Waals surface area contributed by atoms with Crippen LogP contribution in [0.2, 0.25) is 5.02 Å². The molecule has 1 rings (SSSR count). The second kappa shape index (κ2) is 7.85. The zero-order chi connectivity index (χ0) is 16.0. The van der Waals surface area contributed by atoms with Crippen LogP contribution in [0, 0.1) is 0 Å². The topological polar surface area (TPSA) is 87.7 Å². The van der Waals surface area contributed by atoms with Gasteiger partial charge in [0.15, 0.2) is 6.10 Å². The zero-order valence-electron chi connectivity index (χ0n) is 12.1. The minimum absolute atomic E-state index is 0.341. The van der Waals surface area contributed by atoms with Crippen molar-refractivity contribution in [3.05, 3.63) is 28.8 Å². The van der Waals surface area contributed by atoms with Crippen molar-refractivity contribution in [1.82, 2.24) is 10.6 Å². The first-order valence-electron chi connectivity index (χ1n) is 6.58. The highest BCUT2D eigenvalue weighted by Crippen LogP contribution is 2.29. The number of benzene rings is 1. The van der Waals surface area contributed by atoms with Crippen molar-refractivity contribution in [3.63, 3.8) is 0 Å². The van der Waals surface area contributed by atoms with Crippen LogP contribution in [0.3, 0.4) is 0 Å². The number of nitrogens with one attached hydrogen (secondary N) is 2. The summed E-state index contributed by atoms with van der Waals surface area (Å²) in [6, 6.07) is 4.15. The lowest BCUT2D eigenvalue weighted by Gasteiger charge is -2.18. The lowest BCUT2D eigenvalue weighted by atomic mass is 10.1. The lowest BCUT2D eigenvalue weighted by Crippen LogP contribution is -2.45. The highest BCUT2D eigenvalue weighted by molar-refractivity contribution is 6.30. The van der Waals surface area contributed by atoms with Gasteiger partial charge in [0.05, 0.1) is 6.10 Å². The maximum atomic E-state index is 11.8. The van der Waals surface area contributed by atoms with Crippen LogP contribution in [-0.4, -0.2) is 29.7 Å². The summed E-state index contributed by atoms with van der Waals surface area (Å²) >= 11 is 5.86. The predicted octanol–water partition coefficient (Wildman–Crippen LogP) is 2.01. The van der Waals surface area contributed by atoms with Gasteiger partial charge in [0.1, 0.15) is 5.75 Å². The standard InChI is InChI=1S/C14H19ClN2O4/c1-4-16-14(20)17-13(19)9(3)21-12-6-5-10(15)7-11(12)8(2)18/h5-9,18H,4H2,1-3H3,(H2,16,17,19,20). The first-order chi connectivity index (χ1) is 9.85. The number of hydrogen-bond acceptors (Lipinski definition) is 4. The van der Waals surface area contributed by atoms with Crippen molar-refractivity contribution in [2.24, 2.45) is 0 Å². The van der Waals surface area contributed by atoms with Gasteiger partial charge < -0.3 is 15.2 Å². The lowest BCUT2D eigenvalue weighted by molar-refractivity contribution is -0.126. The summed E-state index contributed by atoms with van der Waals surface area (Å²) in [5.74, 6) is -0.236. The quantitative estimate of drug-likeness (QED) is 0.775. The molecule has 2 unspecified atom stereocenters. The minimum Gasteiger partial charge on any atom is -0.480 e. The monoisotopic (exact) mass is 314 g/mol. The van der Waals surface area contributed by atoms with E-state index in [0.29, 0.717) is 22.9 Å². The van der Waals surface area contributed by atoms with E-state index < -0.39 is 24.1 Å². The van der Waals surface area contributed by atoms with Gasteiger partial charge in [-0.15, -0.1) is 0 Å². The van der Waals surface area contributed by atoms with Gasteiger partial charge in [-0.3, -0.25) is 10.1 Å². The van der Waals surface area contributed by atoms with E-state index in [1.165, 1.54) is 6.92 Å². The molecule has 1 aromatic carbocycles. The molecule has 1 aromatic rings. The molecule has 0 fully saturated rings. The number of carbonyl (C=O) groups is 2. The van der Waals surface area contributed by atoms with Crippen LogP contribution in [-0.2, 0) is 4.79 Å². The highest BCUT2D eigenvalue weighted by Gasteiger charge is 2.19. The van der Waals surface area contributed by atoms with E-state index in [1.807, 2.05) is 0 Å². The Balaban J connectivity index is 2.76. The zero-order valence-corrected chi connectivity index (χ0v) is 12.9. The van der Waals surface area contributed by atoms with Gasteiger partial charge in [0.25, 0.3) is 5.91 Å². The molecule has 0 spiro atoms. The van der Waals surface area contributed by atoms with Gasteiger partial charge in [-0.05, 0) is 39.0 Å². The van der Waals surface area contributed by atoms with E-state index in [-0.39, 0.29) is 0 Å². The minimum atomic E-state index is -0.897. The molecular formula is C14H19ClN2O4. The second-order valence-electron chi connectivity index (χ2n) is 4.47. The number of rotatable bonds is 5. The Labute approximate surface area is 128 Å². The van der Waals surface area contributed by atoms with Crippen molar-refractivity contribution >= 4 is 23.5 Å². The van der Waals surface area contributed by atoms with Crippen LogP contribution in [0.1, 0.15) is 32.4 Å². The van der Waals surface area contributed by atoms with Crippen molar-refractivity contribution in [3.8, 4) is 5.75 Å². The summed E-state index contributed by atoms with van der Waals surface area (Å²) in [7, 11) is 0. The van der Waals surface area contributed by atoms with Crippen molar-refractivity contribution < 1.29 is 19.4 Å². The number of urea groups is 1. The molecule has 7 heteroatoms. The SMILES string of the molecule is CCNC(=O)NC(=O)C(C)Oc1ccc(Cl)cc1C(C)O. The Morgan fingerprint density at radius 3 is 2.62 bits per heavy atom. The maximum absolute atomic E-state index is 11.8. The fraction of sp³-hybridized carbons (Fsp3) is 0.429. The Morgan fingerprint density at radius 2 is 2.05 bits per heavy atom. The first kappa shape index (κ1) is 17.3. The van der Waals surface area contributed by atoms with Crippen LogP contribution in [0.15, 0.2) is 18.2 Å². The van der Waals surface area contributed by atoms with E-state index in [0.717, 1.165) is 0 Å². The molecule has 0 bridgehead atoms. The van der Waals surface area contributed by atoms with Gasteiger partial charge >= 0.3 is 6.03 Å². The van der Waals surface area contributed by atoms with E-state index >= 15 is 0 Å². The summed E-state index contributed by atoms with van der Waals surface area (Å²) in [4.78, 5) is 23.1. The molecule has 3 amide bonds. The Morgan fingerprint density at radius 1 is 1.38 bits per heavy atom. The molecule has 3 N–H and O–H groups in total. The van der Waals surface area contributed by atoms with Crippen LogP contribution < -0.4 is 15.4 Å². The summed E-state index contributed by atoms with van der Waals surface area (Å²) in [6.07, 6.45) is -1.69. The largest absolute Gasteiger partial charge is 0.480 e. The molecule has 0 heterocycles. The molecule has 6 nitrogen and oxygen atoms in total. The van der Waals surface area contributed by atoms with Gasteiger partial charge in [-0.2, -0.15) is 0 Å². The molecule has 21 heavy (non-hydrogen) atoms. The smallest absolute Gasteiger partial charge is 0.321 e. The van der Waals surface area contributed by atoms with E-state index in [4.69, 9.17) is 16.3 Å². The van der Waals surface area contributed by atoms with Gasteiger partial charge in [-0.1, -0.05) is 11.6 Å². The molecule has 0 saturated heterocycles. The second-order valence-corrected chi connectivity index (χ2v) is 4.90. The molecule has 0 radical (unpaired) electrons. The number of amides is 3. The van der Waals surface area contributed by atoms with Crippen molar-refractivity contribution in [2.75, 3.05) is 6.54 Å². The number of aliphatic hydroxyl groups is 1. The molecule has 0 aromatic heterocycles. The highest BCUT2D eigenvalue weighted by atomic mass is 35.5. The number of carbonyl (C=O) groups excluding carboxylic acids is 2. The van der Waals surface area contributed by atoms with Gasteiger partial charge in [0, 0.05) is 17.1 Å². The normalized spacial score (nSPS) is 13.2. The van der Waals surface area contributed by atoms with Gasteiger partial charge in [-0.25, -0.2) is 4.79 Å². The summed E-state index contributed by atoms with van der Waals surface area (Å²) in [5, 5.41) is 14.8. The van der Waals surface area contributed by atoms with Crippen LogP contribution in [0.4, 0.5) is 4.79 Å². The first-order valence-corrected chi connectivity index (χ1v) is 6.95. The molecule has 2 atom stereocenters. The summed E-state index contributed by atoms with van der Waals surface area (Å²) in [5.41, 5.74) is 0.472. The third-order valence-electron chi connectivity index (χ3n) is 2.67. The molecular weight excluding hydrogens is 296 g/mol. The van der Waals surface area contributed by atoms with Gasteiger partial charge in [0.2, 0.25) is 0 Å². The van der Waals surface area contributed by atoms with Crippen molar-refractivity contribution in [2.45, 2.75) is 33.0 Å². The van der Waals surface area contributed by atoms with Crippen LogP contribution >= 0.6 is 11.6 Å². The number of aliphatic hydroxyl groups excluding tert-OH is 1. The molecule has 0 saturated carbocycles. The fourth-order valence-corrected chi connectivity index (χ4v) is 1.80. The predicted molar refractivity (Wildman–Crippen MR) is 79.4 cm³/mol. The summed E-state index contributed by atoms with van der Waals surface area (Å²) < 4.78 is 5.49. The van der Waals surface area contributed by atoms with E-state index in [2.05, 4.69) is 10.6 Å². The van der Waals surface area contributed by atoms with E-state index in [1.54, 1.807) is 32.0 Å². The van der Waals surface area contributed by atoms with Crippen LogP contribution in [0.25, 0.3) is 0 Å². The third kappa shape index (κ3) is 5.24. The van der Waals surface area contributed by atoms with Crippen LogP contribution in [0.5, 0.6) is 5.75 Å². The average molecular weight is 315 g/mol. The molecule has 116 valence electrons. The number of hydrogen-bond donors (Lipinski definition) is 3. The molecule has 0 aliphatic carbocycles. The molecule has 0 aliphatic rings. The Hall–Kier alpha value is -1.79. The third-order valence-corrected chi connectivity index (χ3v) is 2.90. The number of ether oxygens (including phenoxy) is 1. The Kier molecular flexibility index (Phi) is 6.45. The average Bonchev–Trinajstić information content (AvgIpc) is 2.40. The maximum Gasteiger partial charge on any atom is 0.321 e. The Bertz CT molecular complexity index is 520. The fourth-order valence-electron chi connectivity index (χ4n) is 1.62.